The predicted octanol–water partition coefficient (Wildman–Crippen LogP) is 5.68. The Morgan fingerprint density at radius 3 is 2.39 bits per heavy atom. The molecule has 2 amide bonds. The van der Waals surface area contributed by atoms with Gasteiger partial charge in [0, 0.05) is 23.8 Å². The van der Waals surface area contributed by atoms with Gasteiger partial charge in [-0.2, -0.15) is 4.98 Å². The van der Waals surface area contributed by atoms with E-state index in [4.69, 9.17) is 21.1 Å². The van der Waals surface area contributed by atoms with Crippen LogP contribution in [-0.4, -0.2) is 25.2 Å². The number of ether oxygens (including phenoxy) is 2. The van der Waals surface area contributed by atoms with Gasteiger partial charge in [-0.15, -0.1) is 0 Å². The molecule has 1 aromatic heterocycles. The van der Waals surface area contributed by atoms with E-state index in [-0.39, 0.29) is 28.9 Å². The van der Waals surface area contributed by atoms with Gasteiger partial charge in [-0.05, 0) is 30.1 Å². The molecule has 0 spiro atoms. The molecule has 0 fully saturated rings. The van der Waals surface area contributed by atoms with E-state index in [0.717, 1.165) is 17.0 Å². The first-order valence-corrected chi connectivity index (χ1v) is 10.2. The van der Waals surface area contributed by atoms with Crippen LogP contribution < -0.4 is 18.7 Å². The monoisotopic (exact) mass is 463 g/mol. The summed E-state index contributed by atoms with van der Waals surface area (Å²) in [5.74, 6) is -1.08. The molecule has 6 nitrogen and oxygen atoms in total. The molecule has 0 bridgehead atoms. The fourth-order valence-electron chi connectivity index (χ4n) is 3.10. The second kappa shape index (κ2) is 8.60. The third-order valence-electron chi connectivity index (χ3n) is 4.59. The van der Waals surface area contributed by atoms with Crippen molar-refractivity contribution in [3.63, 3.8) is 0 Å². The summed E-state index contributed by atoms with van der Waals surface area (Å²) in [6.07, 6.45) is 0. The van der Waals surface area contributed by atoms with Crippen molar-refractivity contribution in [2.75, 3.05) is 23.4 Å². The summed E-state index contributed by atoms with van der Waals surface area (Å²) < 4.78 is 39.8. The van der Waals surface area contributed by atoms with Crippen molar-refractivity contribution in [2.45, 2.75) is 11.4 Å². The molecule has 0 unspecified atom stereocenters. The minimum atomic E-state index is -0.827. The van der Waals surface area contributed by atoms with Crippen molar-refractivity contribution < 1.29 is 23.0 Å². The highest BCUT2D eigenvalue weighted by atomic mass is 35.5. The van der Waals surface area contributed by atoms with Crippen LogP contribution in [0.4, 0.5) is 25.0 Å². The van der Waals surface area contributed by atoms with Crippen LogP contribution in [0.3, 0.4) is 0 Å². The van der Waals surface area contributed by atoms with Crippen molar-refractivity contribution in [3.8, 4) is 11.8 Å². The number of aromatic nitrogens is 1. The molecule has 160 valence electrons. The topological polar surface area (TPSA) is 54.9 Å². The number of pyridine rings is 1. The van der Waals surface area contributed by atoms with Crippen molar-refractivity contribution >= 4 is 41.0 Å². The minimum Gasteiger partial charge on any atom is -0.481 e. The van der Waals surface area contributed by atoms with Gasteiger partial charge in [0.2, 0.25) is 11.8 Å². The molecule has 2 aromatic carbocycles. The van der Waals surface area contributed by atoms with Gasteiger partial charge in [0.15, 0.2) is 0 Å². The fraction of sp³-hybridized carbons (Fsp3) is 0.143. The number of hydrogen-bond donors (Lipinski definition) is 0. The highest BCUT2D eigenvalue weighted by Gasteiger charge is 2.34. The Kier molecular flexibility index (Phi) is 5.88. The Bertz CT molecular complexity index is 1120. The number of benzene rings is 2. The number of halogens is 3. The van der Waals surface area contributed by atoms with Gasteiger partial charge in [-0.25, -0.2) is 17.9 Å². The van der Waals surface area contributed by atoms with E-state index in [1.165, 1.54) is 35.4 Å². The number of methoxy groups -OCH3 is 2. The molecular formula is C21H16ClF2N3O3S. The number of para-hydroxylation sites is 1. The van der Waals surface area contributed by atoms with Crippen LogP contribution in [0.2, 0.25) is 5.02 Å². The number of hydrogen-bond acceptors (Lipinski definition) is 5. The summed E-state index contributed by atoms with van der Waals surface area (Å²) in [6, 6.07) is 11.7. The van der Waals surface area contributed by atoms with Gasteiger partial charge < -0.3 is 9.47 Å². The molecule has 0 saturated carbocycles. The van der Waals surface area contributed by atoms with Crippen molar-refractivity contribution in [1.82, 2.24) is 4.98 Å². The summed E-state index contributed by atoms with van der Waals surface area (Å²) in [5, 5.41) is -0.0974. The summed E-state index contributed by atoms with van der Waals surface area (Å²) in [7, 11) is 2.91. The minimum absolute atomic E-state index is 0.0166. The van der Waals surface area contributed by atoms with Crippen LogP contribution >= 0.6 is 23.5 Å². The number of anilines is 2. The van der Waals surface area contributed by atoms with Crippen LogP contribution in [-0.2, 0) is 6.54 Å². The van der Waals surface area contributed by atoms with E-state index in [1.54, 1.807) is 24.3 Å². The van der Waals surface area contributed by atoms with Crippen LogP contribution in [0.15, 0.2) is 53.4 Å². The number of fused-ring (bicyclic) bond motifs is 1. The molecule has 0 radical (unpaired) electrons. The predicted molar refractivity (Wildman–Crippen MR) is 115 cm³/mol. The quantitative estimate of drug-likeness (QED) is 0.455. The average molecular weight is 464 g/mol. The molecule has 1 aliphatic rings. The molecule has 2 heterocycles. The fourth-order valence-corrected chi connectivity index (χ4v) is 4.35. The van der Waals surface area contributed by atoms with E-state index in [2.05, 4.69) is 4.98 Å². The molecule has 10 heteroatoms. The molecule has 0 atom stereocenters. The largest absolute Gasteiger partial charge is 0.481 e. The zero-order valence-electron chi connectivity index (χ0n) is 16.4. The Labute approximate surface area is 186 Å². The highest BCUT2D eigenvalue weighted by molar-refractivity contribution is 8.01. The maximum Gasteiger partial charge on any atom is 0.339 e. The second-order valence-electron chi connectivity index (χ2n) is 6.48. The lowest BCUT2D eigenvalue weighted by Gasteiger charge is -2.36. The Morgan fingerprint density at radius 1 is 1.06 bits per heavy atom. The lowest BCUT2D eigenvalue weighted by molar-refractivity contribution is 0.254. The van der Waals surface area contributed by atoms with Crippen molar-refractivity contribution in [3.05, 3.63) is 70.8 Å². The zero-order chi connectivity index (χ0) is 22.1. The van der Waals surface area contributed by atoms with Gasteiger partial charge in [-0.1, -0.05) is 23.7 Å². The molecule has 4 rings (SSSR count). The van der Waals surface area contributed by atoms with E-state index in [1.807, 2.05) is 12.1 Å². The number of nitrogens with zero attached hydrogens (tertiary/aromatic N) is 3. The van der Waals surface area contributed by atoms with Crippen molar-refractivity contribution in [2.24, 2.45) is 0 Å². The maximum absolute atomic E-state index is 14.5. The summed E-state index contributed by atoms with van der Waals surface area (Å²) in [4.78, 5) is 19.8. The Hall–Kier alpha value is -3.04. The van der Waals surface area contributed by atoms with E-state index >= 15 is 0 Å². The number of amides is 2. The normalized spacial score (nSPS) is 13.3. The molecule has 0 N–H and O–H groups in total. The number of carbonyl (C=O) groups excluding carboxylic acids is 1. The van der Waals surface area contributed by atoms with Crippen LogP contribution in [0.1, 0.15) is 5.56 Å². The van der Waals surface area contributed by atoms with E-state index in [0.29, 0.717) is 11.4 Å². The lowest BCUT2D eigenvalue weighted by atomic mass is 10.1. The first kappa shape index (κ1) is 21.2. The molecule has 3 aromatic rings. The van der Waals surface area contributed by atoms with Crippen LogP contribution in [0.25, 0.3) is 0 Å². The molecule has 1 aliphatic heterocycles. The number of urea groups is 1. The Balaban J connectivity index is 1.79. The maximum atomic E-state index is 14.5. The summed E-state index contributed by atoms with van der Waals surface area (Å²) >= 11 is 7.28. The van der Waals surface area contributed by atoms with Gasteiger partial charge in [0.05, 0.1) is 42.1 Å². The first-order chi connectivity index (χ1) is 14.9. The summed E-state index contributed by atoms with van der Waals surface area (Å²) in [5.41, 5.74) is 1.06. The second-order valence-corrected chi connectivity index (χ2v) is 7.87. The van der Waals surface area contributed by atoms with Crippen LogP contribution in [0.5, 0.6) is 11.8 Å². The lowest BCUT2D eigenvalue weighted by Crippen LogP contribution is -2.43. The molecule has 0 saturated heterocycles. The van der Waals surface area contributed by atoms with Gasteiger partial charge in [-0.3, -0.25) is 4.90 Å². The number of carbonyl (C=O) groups is 1. The van der Waals surface area contributed by atoms with Crippen molar-refractivity contribution in [1.29, 1.82) is 0 Å². The summed E-state index contributed by atoms with van der Waals surface area (Å²) in [6.45, 7) is -0.183. The first-order valence-electron chi connectivity index (χ1n) is 9.03. The molecule has 0 aliphatic carbocycles. The van der Waals surface area contributed by atoms with E-state index in [9.17, 15) is 13.6 Å². The smallest absolute Gasteiger partial charge is 0.339 e. The standard InChI is InChI=1S/C21H16ClF2N3O3S/c1-29-19-9-13(10-20(25-19)30-2)27-21(28)26(17-5-3-4-6-18(17)31-27)11-14-15(22)7-12(23)8-16(14)24/h3-10H,11H2,1-2H3. The SMILES string of the molecule is COc1cc(N2Sc3ccccc3N(Cc3c(F)cc(F)cc3Cl)C2=O)cc(OC)n1. The molecule has 31 heavy (non-hydrogen) atoms. The number of rotatable bonds is 5. The van der Waals surface area contributed by atoms with Gasteiger partial charge in [0.25, 0.3) is 0 Å². The zero-order valence-corrected chi connectivity index (χ0v) is 18.0. The van der Waals surface area contributed by atoms with Gasteiger partial charge in [0.1, 0.15) is 11.6 Å². The third-order valence-corrected chi connectivity index (χ3v) is 6.02. The molecular weight excluding hydrogens is 448 g/mol. The Morgan fingerprint density at radius 2 is 1.74 bits per heavy atom. The van der Waals surface area contributed by atoms with E-state index < -0.39 is 17.7 Å². The highest BCUT2D eigenvalue weighted by Crippen LogP contribution is 2.43. The average Bonchev–Trinajstić information content (AvgIpc) is 2.76. The van der Waals surface area contributed by atoms with Gasteiger partial charge >= 0.3 is 6.03 Å². The third kappa shape index (κ3) is 4.11. The van der Waals surface area contributed by atoms with Crippen LogP contribution in [0, 0.1) is 11.6 Å².